The zero-order valence-electron chi connectivity index (χ0n) is 18.1. The third-order valence-electron chi connectivity index (χ3n) is 5.33. The Bertz CT molecular complexity index is 1750. The summed E-state index contributed by atoms with van der Waals surface area (Å²) in [5.41, 5.74) is 8.24. The fraction of sp³-hybridized carbons (Fsp3) is 0.0455. The standard InChI is InChI=1S/C22H17N9O3S/c1-12-5-6-16(18-17(12)14(8-23)9-24-18)31-35(33,34)15-4-2-3-13(7-15)22(32)30-29-21-19-20(26-10-25-19)27-11-28-21/h2-7,9-11,24,31H,1H3,(H,30,32)(H2,25,26,27,28,29). The third-order valence-corrected chi connectivity index (χ3v) is 6.70. The van der Waals surface area contributed by atoms with Crippen LogP contribution in [0.4, 0.5) is 11.5 Å². The molecule has 0 aliphatic carbocycles. The van der Waals surface area contributed by atoms with Gasteiger partial charge in [-0.25, -0.2) is 23.4 Å². The van der Waals surface area contributed by atoms with Gasteiger partial charge in [-0.2, -0.15) is 5.26 Å². The smallest absolute Gasteiger partial charge is 0.269 e. The van der Waals surface area contributed by atoms with Crippen molar-refractivity contribution in [2.24, 2.45) is 0 Å². The van der Waals surface area contributed by atoms with Gasteiger partial charge in [0.15, 0.2) is 11.5 Å². The second-order valence-corrected chi connectivity index (χ2v) is 9.21. The van der Waals surface area contributed by atoms with Gasteiger partial charge in [0.05, 0.1) is 28.0 Å². The van der Waals surface area contributed by atoms with Crippen molar-refractivity contribution >= 4 is 49.5 Å². The highest BCUT2D eigenvalue weighted by atomic mass is 32.2. The Morgan fingerprint density at radius 2 is 1.94 bits per heavy atom. The number of aromatic nitrogens is 5. The highest BCUT2D eigenvalue weighted by molar-refractivity contribution is 7.92. The van der Waals surface area contributed by atoms with E-state index < -0.39 is 15.9 Å². The first-order valence-electron chi connectivity index (χ1n) is 10.2. The minimum Gasteiger partial charge on any atom is -0.358 e. The van der Waals surface area contributed by atoms with E-state index in [2.05, 4.69) is 46.6 Å². The molecule has 0 saturated carbocycles. The van der Waals surface area contributed by atoms with Crippen LogP contribution in [0.15, 0.2) is 60.1 Å². The van der Waals surface area contributed by atoms with Gasteiger partial charge < -0.3 is 9.97 Å². The lowest BCUT2D eigenvalue weighted by Gasteiger charge is -2.12. The zero-order valence-corrected chi connectivity index (χ0v) is 18.9. The average molecular weight is 488 g/mol. The summed E-state index contributed by atoms with van der Waals surface area (Å²) in [6, 6.07) is 11.0. The number of fused-ring (bicyclic) bond motifs is 2. The van der Waals surface area contributed by atoms with Gasteiger partial charge in [-0.15, -0.1) is 0 Å². The van der Waals surface area contributed by atoms with Gasteiger partial charge in [0.25, 0.3) is 15.9 Å². The Kier molecular flexibility index (Phi) is 5.27. The number of aromatic amines is 2. The monoisotopic (exact) mass is 487 g/mol. The predicted molar refractivity (Wildman–Crippen MR) is 128 cm³/mol. The van der Waals surface area contributed by atoms with Crippen LogP contribution in [-0.4, -0.2) is 39.2 Å². The number of hydrogen-bond donors (Lipinski definition) is 5. The van der Waals surface area contributed by atoms with E-state index in [1.54, 1.807) is 12.1 Å². The highest BCUT2D eigenvalue weighted by Crippen LogP contribution is 2.30. The van der Waals surface area contributed by atoms with Crippen LogP contribution in [0.5, 0.6) is 0 Å². The molecular formula is C22H17N9O3S. The number of hydrazine groups is 1. The number of carbonyl (C=O) groups is 1. The van der Waals surface area contributed by atoms with E-state index in [1.807, 2.05) is 6.92 Å². The van der Waals surface area contributed by atoms with Gasteiger partial charge in [-0.1, -0.05) is 12.1 Å². The summed E-state index contributed by atoms with van der Waals surface area (Å²) < 4.78 is 28.8. The Balaban J connectivity index is 1.38. The van der Waals surface area contributed by atoms with Gasteiger partial charge in [0, 0.05) is 17.1 Å². The van der Waals surface area contributed by atoms with Crippen molar-refractivity contribution in [1.82, 2.24) is 30.3 Å². The molecule has 3 heterocycles. The van der Waals surface area contributed by atoms with Gasteiger partial charge >= 0.3 is 0 Å². The molecule has 0 unspecified atom stereocenters. The lowest BCUT2D eigenvalue weighted by molar-refractivity contribution is 0.0962. The molecule has 5 rings (SSSR count). The van der Waals surface area contributed by atoms with Gasteiger partial charge in [-0.3, -0.25) is 20.4 Å². The molecule has 0 fully saturated rings. The maximum atomic E-state index is 13.1. The van der Waals surface area contributed by atoms with Gasteiger partial charge in [0.1, 0.15) is 17.9 Å². The van der Waals surface area contributed by atoms with E-state index in [0.717, 1.165) is 5.56 Å². The number of anilines is 2. The largest absolute Gasteiger partial charge is 0.358 e. The summed E-state index contributed by atoms with van der Waals surface area (Å²) in [6.07, 6.45) is 4.27. The molecule has 1 amide bonds. The Labute approximate surface area is 198 Å². The number of benzene rings is 2. The number of hydrogen-bond acceptors (Lipinski definition) is 8. The van der Waals surface area contributed by atoms with E-state index in [4.69, 9.17) is 0 Å². The number of sulfonamides is 1. The van der Waals surface area contributed by atoms with E-state index in [9.17, 15) is 18.5 Å². The highest BCUT2D eigenvalue weighted by Gasteiger charge is 2.19. The molecule has 5 N–H and O–H groups in total. The number of nitriles is 1. The number of imidazole rings is 1. The van der Waals surface area contributed by atoms with Crippen LogP contribution in [0, 0.1) is 18.3 Å². The minimum absolute atomic E-state index is 0.107. The molecular weight excluding hydrogens is 470 g/mol. The van der Waals surface area contributed by atoms with Gasteiger partial charge in [-0.05, 0) is 36.8 Å². The molecule has 0 aliphatic heterocycles. The van der Waals surface area contributed by atoms with Crippen LogP contribution in [0.25, 0.3) is 22.1 Å². The van der Waals surface area contributed by atoms with E-state index >= 15 is 0 Å². The summed E-state index contributed by atoms with van der Waals surface area (Å²) in [7, 11) is -4.05. The fourth-order valence-electron chi connectivity index (χ4n) is 3.65. The number of aryl methyl sites for hydroxylation is 1. The van der Waals surface area contributed by atoms with Crippen LogP contribution in [0.3, 0.4) is 0 Å². The summed E-state index contributed by atoms with van der Waals surface area (Å²) in [4.78, 5) is 30.5. The average Bonchev–Trinajstić information content (AvgIpc) is 3.52. The fourth-order valence-corrected chi connectivity index (χ4v) is 4.77. The Morgan fingerprint density at radius 1 is 1.09 bits per heavy atom. The topological polar surface area (TPSA) is 181 Å². The quantitative estimate of drug-likeness (QED) is 0.226. The molecule has 0 atom stereocenters. The number of carbonyl (C=O) groups excluding carboxylic acids is 1. The zero-order chi connectivity index (χ0) is 24.6. The van der Waals surface area contributed by atoms with Crippen molar-refractivity contribution in [2.75, 3.05) is 10.1 Å². The van der Waals surface area contributed by atoms with E-state index in [0.29, 0.717) is 33.4 Å². The summed E-state index contributed by atoms with van der Waals surface area (Å²) in [5.74, 6) is -0.272. The first kappa shape index (κ1) is 21.9. The molecule has 174 valence electrons. The number of rotatable bonds is 6. The number of nitrogens with one attached hydrogen (secondary N) is 5. The van der Waals surface area contributed by atoms with Crippen molar-refractivity contribution in [1.29, 1.82) is 5.26 Å². The number of nitrogens with zero attached hydrogens (tertiary/aromatic N) is 4. The van der Waals surface area contributed by atoms with Gasteiger partial charge in [0.2, 0.25) is 0 Å². The first-order valence-corrected chi connectivity index (χ1v) is 11.7. The van der Waals surface area contributed by atoms with Crippen molar-refractivity contribution < 1.29 is 13.2 Å². The molecule has 2 aromatic carbocycles. The predicted octanol–water partition coefficient (Wildman–Crippen LogP) is 2.57. The lowest BCUT2D eigenvalue weighted by Crippen LogP contribution is -2.30. The van der Waals surface area contributed by atoms with Crippen LogP contribution >= 0.6 is 0 Å². The summed E-state index contributed by atoms with van der Waals surface area (Å²) in [5, 5.41) is 9.97. The molecule has 0 spiro atoms. The second kappa shape index (κ2) is 8.43. The summed E-state index contributed by atoms with van der Waals surface area (Å²) >= 11 is 0. The molecule has 12 nitrogen and oxygen atoms in total. The molecule has 0 saturated heterocycles. The Morgan fingerprint density at radius 3 is 2.77 bits per heavy atom. The summed E-state index contributed by atoms with van der Waals surface area (Å²) in [6.45, 7) is 1.84. The SMILES string of the molecule is Cc1ccc(NS(=O)(=O)c2cccc(C(=O)NNc3ncnc4nc[nH]c34)c2)c2[nH]cc(C#N)c12. The van der Waals surface area contributed by atoms with Crippen LogP contribution in [-0.2, 0) is 10.0 Å². The number of H-pyrrole nitrogens is 2. The third kappa shape index (κ3) is 3.98. The van der Waals surface area contributed by atoms with Crippen molar-refractivity contribution in [3.8, 4) is 6.07 Å². The molecule has 0 radical (unpaired) electrons. The molecule has 3 aromatic heterocycles. The van der Waals surface area contributed by atoms with Crippen molar-refractivity contribution in [3.63, 3.8) is 0 Å². The van der Waals surface area contributed by atoms with Crippen molar-refractivity contribution in [3.05, 3.63) is 71.9 Å². The van der Waals surface area contributed by atoms with E-state index in [1.165, 1.54) is 43.1 Å². The maximum Gasteiger partial charge on any atom is 0.269 e. The molecule has 5 aromatic rings. The number of amides is 1. The van der Waals surface area contributed by atoms with Crippen molar-refractivity contribution in [2.45, 2.75) is 11.8 Å². The van der Waals surface area contributed by atoms with E-state index in [-0.39, 0.29) is 16.1 Å². The molecule has 35 heavy (non-hydrogen) atoms. The minimum atomic E-state index is -4.05. The van der Waals surface area contributed by atoms with Crippen LogP contribution in [0.2, 0.25) is 0 Å². The normalized spacial score (nSPS) is 11.3. The molecule has 0 bridgehead atoms. The Hall–Kier alpha value is -4.96. The van der Waals surface area contributed by atoms with Crippen LogP contribution < -0.4 is 15.6 Å². The molecule has 0 aliphatic rings. The molecule has 13 heteroatoms. The maximum absolute atomic E-state index is 13.1. The first-order chi connectivity index (χ1) is 16.9. The van der Waals surface area contributed by atoms with Crippen LogP contribution in [0.1, 0.15) is 21.5 Å². The second-order valence-electron chi connectivity index (χ2n) is 7.53. The lowest BCUT2D eigenvalue weighted by atomic mass is 10.1.